The Morgan fingerprint density at radius 1 is 1.15 bits per heavy atom. The van der Waals surface area contributed by atoms with Gasteiger partial charge in [0.15, 0.2) is 0 Å². The number of H-pyrrole nitrogens is 1. The van der Waals surface area contributed by atoms with Gasteiger partial charge >= 0.3 is 0 Å². The van der Waals surface area contributed by atoms with Gasteiger partial charge in [0.1, 0.15) is 5.82 Å². The molecular weight excluding hydrogens is 322 g/mol. The summed E-state index contributed by atoms with van der Waals surface area (Å²) < 4.78 is 2.11. The number of benzene rings is 1. The minimum Gasteiger partial charge on any atom is -0.356 e. The van der Waals surface area contributed by atoms with Crippen LogP contribution in [0.1, 0.15) is 48.3 Å². The van der Waals surface area contributed by atoms with Crippen LogP contribution in [0.2, 0.25) is 0 Å². The van der Waals surface area contributed by atoms with E-state index < -0.39 is 0 Å². The maximum Gasteiger partial charge on any atom is 0.132 e. The van der Waals surface area contributed by atoms with Gasteiger partial charge in [-0.05, 0) is 50.8 Å². The largest absolute Gasteiger partial charge is 0.356 e. The molecule has 0 amide bonds. The molecular formula is C21H27N5. The second kappa shape index (κ2) is 6.98. The molecule has 0 bridgehead atoms. The summed E-state index contributed by atoms with van der Waals surface area (Å²) in [6.07, 6.45) is 5.11. The molecule has 2 aromatic heterocycles. The van der Waals surface area contributed by atoms with E-state index >= 15 is 0 Å². The lowest BCUT2D eigenvalue weighted by molar-refractivity contribution is 0.490. The van der Waals surface area contributed by atoms with Crippen molar-refractivity contribution in [2.45, 2.75) is 46.0 Å². The van der Waals surface area contributed by atoms with E-state index in [0.29, 0.717) is 5.92 Å². The van der Waals surface area contributed by atoms with Gasteiger partial charge in [0, 0.05) is 30.8 Å². The molecule has 1 aliphatic heterocycles. The summed E-state index contributed by atoms with van der Waals surface area (Å²) in [6, 6.07) is 10.9. The number of aromatic amines is 1. The molecule has 3 heterocycles. The molecule has 1 saturated heterocycles. The highest BCUT2D eigenvalue weighted by molar-refractivity contribution is 5.49. The van der Waals surface area contributed by atoms with Crippen molar-refractivity contribution in [3.63, 3.8) is 0 Å². The Bertz CT molecular complexity index is 883. The molecule has 5 heteroatoms. The molecule has 3 aromatic rings. The number of imidazole rings is 1. The summed E-state index contributed by atoms with van der Waals surface area (Å²) in [7, 11) is 0. The van der Waals surface area contributed by atoms with Crippen molar-refractivity contribution in [1.29, 1.82) is 0 Å². The van der Waals surface area contributed by atoms with E-state index in [1.807, 2.05) is 6.33 Å². The van der Waals surface area contributed by atoms with E-state index in [1.165, 1.54) is 22.8 Å². The van der Waals surface area contributed by atoms with Crippen LogP contribution in [0.4, 0.5) is 5.82 Å². The van der Waals surface area contributed by atoms with Crippen molar-refractivity contribution in [3.8, 4) is 5.69 Å². The molecule has 26 heavy (non-hydrogen) atoms. The van der Waals surface area contributed by atoms with Crippen LogP contribution < -0.4 is 4.90 Å². The third-order valence-electron chi connectivity index (χ3n) is 5.45. The van der Waals surface area contributed by atoms with Crippen LogP contribution in [-0.4, -0.2) is 32.8 Å². The molecule has 136 valence electrons. The van der Waals surface area contributed by atoms with E-state index in [0.717, 1.165) is 43.7 Å². The van der Waals surface area contributed by atoms with Crippen molar-refractivity contribution in [3.05, 3.63) is 59.3 Å². The van der Waals surface area contributed by atoms with Gasteiger partial charge < -0.3 is 9.88 Å². The summed E-state index contributed by atoms with van der Waals surface area (Å²) in [4.78, 5) is 10.2. The van der Waals surface area contributed by atoms with Gasteiger partial charge in [0.25, 0.3) is 0 Å². The Balaban J connectivity index is 1.57. The second-order valence-electron chi connectivity index (χ2n) is 7.25. The smallest absolute Gasteiger partial charge is 0.132 e. The number of anilines is 1. The predicted octanol–water partition coefficient (Wildman–Crippen LogP) is 4.16. The SMILES string of the molecule is CCc1cccc(-n2nc(C)cc2N2CCC(c3nc[nH]c3C)CC2)c1. The normalized spacial score (nSPS) is 15.6. The standard InChI is InChI=1S/C21H27N5/c1-4-17-6-5-7-19(13-17)26-20(12-15(2)24-26)25-10-8-18(9-11-25)21-16(3)22-14-23-21/h5-7,12-14,18H,4,8-11H2,1-3H3,(H,22,23). The highest BCUT2D eigenvalue weighted by Gasteiger charge is 2.25. The fourth-order valence-electron chi connectivity index (χ4n) is 3.97. The number of rotatable bonds is 4. The van der Waals surface area contributed by atoms with Crippen LogP contribution in [0.3, 0.4) is 0 Å². The first-order chi connectivity index (χ1) is 12.7. The minimum atomic E-state index is 0.554. The second-order valence-corrected chi connectivity index (χ2v) is 7.25. The van der Waals surface area contributed by atoms with E-state index in [2.05, 4.69) is 70.7 Å². The van der Waals surface area contributed by atoms with Crippen molar-refractivity contribution in [2.75, 3.05) is 18.0 Å². The lowest BCUT2D eigenvalue weighted by atomic mass is 9.92. The first-order valence-corrected chi connectivity index (χ1v) is 9.56. The number of aryl methyl sites for hydroxylation is 3. The van der Waals surface area contributed by atoms with Gasteiger partial charge in [0.2, 0.25) is 0 Å². The van der Waals surface area contributed by atoms with E-state index in [9.17, 15) is 0 Å². The molecule has 1 N–H and O–H groups in total. The fourth-order valence-corrected chi connectivity index (χ4v) is 3.97. The van der Waals surface area contributed by atoms with Crippen molar-refractivity contribution < 1.29 is 0 Å². The third-order valence-corrected chi connectivity index (χ3v) is 5.45. The zero-order chi connectivity index (χ0) is 18.1. The Kier molecular flexibility index (Phi) is 4.53. The Morgan fingerprint density at radius 3 is 2.65 bits per heavy atom. The summed E-state index contributed by atoms with van der Waals surface area (Å²) in [5.74, 6) is 1.76. The van der Waals surface area contributed by atoms with Crippen LogP contribution in [0.15, 0.2) is 36.7 Å². The van der Waals surface area contributed by atoms with Crippen molar-refractivity contribution in [2.24, 2.45) is 0 Å². The molecule has 0 radical (unpaired) electrons. The van der Waals surface area contributed by atoms with E-state index in [1.54, 1.807) is 0 Å². The van der Waals surface area contributed by atoms with Crippen molar-refractivity contribution >= 4 is 5.82 Å². The third kappa shape index (κ3) is 3.14. The summed E-state index contributed by atoms with van der Waals surface area (Å²) in [5.41, 5.74) is 6.00. The van der Waals surface area contributed by atoms with Crippen LogP contribution in [0.5, 0.6) is 0 Å². The predicted molar refractivity (Wildman–Crippen MR) is 105 cm³/mol. The molecule has 5 nitrogen and oxygen atoms in total. The van der Waals surface area contributed by atoms with Gasteiger partial charge in [-0.3, -0.25) is 0 Å². The average Bonchev–Trinajstić information content (AvgIpc) is 3.27. The fraction of sp³-hybridized carbons (Fsp3) is 0.429. The molecule has 4 rings (SSSR count). The van der Waals surface area contributed by atoms with Gasteiger partial charge in [-0.25, -0.2) is 9.67 Å². The molecule has 0 aliphatic carbocycles. The lowest BCUT2D eigenvalue weighted by Gasteiger charge is -2.33. The molecule has 0 saturated carbocycles. The number of aromatic nitrogens is 4. The first-order valence-electron chi connectivity index (χ1n) is 9.56. The Morgan fingerprint density at radius 2 is 1.96 bits per heavy atom. The van der Waals surface area contributed by atoms with Gasteiger partial charge in [-0.15, -0.1) is 0 Å². The number of nitrogens with one attached hydrogen (secondary N) is 1. The molecule has 1 fully saturated rings. The molecule has 0 spiro atoms. The number of nitrogens with zero attached hydrogens (tertiary/aromatic N) is 4. The van der Waals surface area contributed by atoms with Crippen LogP contribution in [0, 0.1) is 13.8 Å². The first kappa shape index (κ1) is 16.9. The monoisotopic (exact) mass is 349 g/mol. The van der Waals surface area contributed by atoms with E-state index in [-0.39, 0.29) is 0 Å². The maximum atomic E-state index is 4.77. The quantitative estimate of drug-likeness (QED) is 0.769. The van der Waals surface area contributed by atoms with Crippen molar-refractivity contribution in [1.82, 2.24) is 19.7 Å². The minimum absolute atomic E-state index is 0.554. The Labute approximate surface area is 155 Å². The zero-order valence-electron chi connectivity index (χ0n) is 15.9. The van der Waals surface area contributed by atoms with E-state index in [4.69, 9.17) is 5.10 Å². The van der Waals surface area contributed by atoms with Gasteiger partial charge in [0.05, 0.1) is 23.4 Å². The maximum absolute atomic E-state index is 4.77. The van der Waals surface area contributed by atoms with Crippen LogP contribution >= 0.6 is 0 Å². The average molecular weight is 349 g/mol. The van der Waals surface area contributed by atoms with Crippen LogP contribution in [0.25, 0.3) is 5.69 Å². The summed E-state index contributed by atoms with van der Waals surface area (Å²) >= 11 is 0. The number of hydrogen-bond acceptors (Lipinski definition) is 3. The Hall–Kier alpha value is -2.56. The highest BCUT2D eigenvalue weighted by atomic mass is 15.4. The summed E-state index contributed by atoms with van der Waals surface area (Å²) in [6.45, 7) is 8.46. The highest BCUT2D eigenvalue weighted by Crippen LogP contribution is 2.32. The van der Waals surface area contributed by atoms with Gasteiger partial charge in [-0.2, -0.15) is 5.10 Å². The van der Waals surface area contributed by atoms with Gasteiger partial charge in [-0.1, -0.05) is 19.1 Å². The molecule has 1 aromatic carbocycles. The topological polar surface area (TPSA) is 49.7 Å². The lowest BCUT2D eigenvalue weighted by Crippen LogP contribution is -2.34. The number of hydrogen-bond donors (Lipinski definition) is 1. The molecule has 0 unspecified atom stereocenters. The number of piperidine rings is 1. The molecule has 0 atom stereocenters. The summed E-state index contributed by atoms with van der Waals surface area (Å²) in [5, 5.41) is 4.77. The zero-order valence-corrected chi connectivity index (χ0v) is 15.9. The van der Waals surface area contributed by atoms with Crippen LogP contribution in [-0.2, 0) is 6.42 Å². The molecule has 1 aliphatic rings.